The Morgan fingerprint density at radius 1 is 1.00 bits per heavy atom. The summed E-state index contributed by atoms with van der Waals surface area (Å²) in [6.45, 7) is 1.71. The Kier molecular flexibility index (Phi) is 3.99. The van der Waals surface area contributed by atoms with Crippen LogP contribution in [0.1, 0.15) is 22.8 Å². The first-order valence-corrected chi connectivity index (χ1v) is 7.06. The number of nitrogens with zero attached hydrogens (tertiary/aromatic N) is 1. The summed E-state index contributed by atoms with van der Waals surface area (Å²) >= 11 is 0. The topological polar surface area (TPSA) is 23.5 Å². The third-order valence-electron chi connectivity index (χ3n) is 3.97. The molecule has 2 aromatic rings. The first-order chi connectivity index (χ1) is 10.1. The van der Waals surface area contributed by atoms with Gasteiger partial charge in [0.05, 0.1) is 11.7 Å². The molecule has 0 radical (unpaired) electrons. The second kappa shape index (κ2) is 5.92. The molecule has 0 spiro atoms. The van der Waals surface area contributed by atoms with E-state index >= 15 is 0 Å². The Hall–Kier alpha value is -1.78. The van der Waals surface area contributed by atoms with Gasteiger partial charge in [0.25, 0.3) is 0 Å². The molecule has 1 aliphatic heterocycles. The van der Waals surface area contributed by atoms with E-state index in [1.165, 1.54) is 29.3 Å². The van der Waals surface area contributed by atoms with Crippen molar-refractivity contribution in [3.63, 3.8) is 0 Å². The SMILES string of the molecule is O[C@@H](CN1CCc2ccccc2C1)c1c(F)cccc1F. The molecule has 1 heterocycles. The number of hydrogen-bond acceptors (Lipinski definition) is 2. The minimum absolute atomic E-state index is 0.228. The lowest BCUT2D eigenvalue weighted by atomic mass is 9.99. The lowest BCUT2D eigenvalue weighted by Gasteiger charge is -2.30. The Bertz CT molecular complexity index is 624. The van der Waals surface area contributed by atoms with Gasteiger partial charge in [-0.25, -0.2) is 8.78 Å². The van der Waals surface area contributed by atoms with Gasteiger partial charge in [-0.05, 0) is 29.7 Å². The molecule has 2 nitrogen and oxygen atoms in total. The van der Waals surface area contributed by atoms with Crippen LogP contribution in [0, 0.1) is 11.6 Å². The van der Waals surface area contributed by atoms with Crippen LogP contribution in [-0.2, 0) is 13.0 Å². The predicted octanol–water partition coefficient (Wildman–Crippen LogP) is 3.06. The molecule has 0 saturated carbocycles. The van der Waals surface area contributed by atoms with Crippen molar-refractivity contribution in [3.8, 4) is 0 Å². The summed E-state index contributed by atoms with van der Waals surface area (Å²) < 4.78 is 27.4. The zero-order valence-electron chi connectivity index (χ0n) is 11.6. The van der Waals surface area contributed by atoms with E-state index < -0.39 is 17.7 Å². The summed E-state index contributed by atoms with van der Waals surface area (Å²) in [5, 5.41) is 10.2. The smallest absolute Gasteiger partial charge is 0.131 e. The fourth-order valence-electron chi connectivity index (χ4n) is 2.87. The van der Waals surface area contributed by atoms with Gasteiger partial charge < -0.3 is 5.11 Å². The van der Waals surface area contributed by atoms with Gasteiger partial charge >= 0.3 is 0 Å². The number of halogens is 2. The lowest BCUT2D eigenvalue weighted by molar-refractivity contribution is 0.0999. The van der Waals surface area contributed by atoms with Crippen molar-refractivity contribution >= 4 is 0 Å². The van der Waals surface area contributed by atoms with Crippen LogP contribution < -0.4 is 0 Å². The van der Waals surface area contributed by atoms with Crippen LogP contribution in [0.25, 0.3) is 0 Å². The Morgan fingerprint density at radius 2 is 1.67 bits per heavy atom. The molecule has 0 saturated heterocycles. The zero-order valence-corrected chi connectivity index (χ0v) is 11.6. The quantitative estimate of drug-likeness (QED) is 0.938. The van der Waals surface area contributed by atoms with Gasteiger partial charge in [0, 0.05) is 19.6 Å². The largest absolute Gasteiger partial charge is 0.387 e. The maximum atomic E-state index is 13.7. The molecule has 3 rings (SSSR count). The van der Waals surface area contributed by atoms with E-state index in [4.69, 9.17) is 0 Å². The Labute approximate surface area is 122 Å². The van der Waals surface area contributed by atoms with E-state index in [1.807, 2.05) is 17.0 Å². The minimum atomic E-state index is -1.16. The van der Waals surface area contributed by atoms with Crippen LogP contribution in [0.3, 0.4) is 0 Å². The van der Waals surface area contributed by atoms with Crippen molar-refractivity contribution < 1.29 is 13.9 Å². The maximum Gasteiger partial charge on any atom is 0.131 e. The Balaban J connectivity index is 1.73. The monoisotopic (exact) mass is 289 g/mol. The second-order valence-electron chi connectivity index (χ2n) is 5.40. The number of β-amino-alcohol motifs (C(OH)–C–C–N with tert-alkyl or cyclic N) is 1. The molecular formula is C17H17F2NO. The van der Waals surface area contributed by atoms with E-state index in [0.717, 1.165) is 13.0 Å². The predicted molar refractivity (Wildman–Crippen MR) is 76.7 cm³/mol. The highest BCUT2D eigenvalue weighted by Gasteiger charge is 2.23. The fourth-order valence-corrected chi connectivity index (χ4v) is 2.87. The van der Waals surface area contributed by atoms with Crippen LogP contribution in [0.15, 0.2) is 42.5 Å². The zero-order chi connectivity index (χ0) is 14.8. The molecule has 0 unspecified atom stereocenters. The summed E-state index contributed by atoms with van der Waals surface area (Å²) in [5.74, 6) is -1.39. The van der Waals surface area contributed by atoms with Crippen LogP contribution >= 0.6 is 0 Å². The van der Waals surface area contributed by atoms with Crippen molar-refractivity contribution in [1.82, 2.24) is 4.90 Å². The molecule has 2 aromatic carbocycles. The second-order valence-corrected chi connectivity index (χ2v) is 5.40. The normalized spacial score (nSPS) is 16.5. The van der Waals surface area contributed by atoms with Crippen LogP contribution in [0.2, 0.25) is 0 Å². The van der Waals surface area contributed by atoms with Gasteiger partial charge in [0.1, 0.15) is 11.6 Å². The molecule has 0 aliphatic carbocycles. The molecule has 0 aromatic heterocycles. The summed E-state index contributed by atoms with van der Waals surface area (Å²) in [5.41, 5.74) is 2.28. The van der Waals surface area contributed by atoms with Crippen molar-refractivity contribution in [3.05, 3.63) is 70.8 Å². The summed E-state index contributed by atoms with van der Waals surface area (Å²) in [7, 11) is 0. The highest BCUT2D eigenvalue weighted by atomic mass is 19.1. The lowest BCUT2D eigenvalue weighted by Crippen LogP contribution is -2.34. The van der Waals surface area contributed by atoms with Gasteiger partial charge in [-0.2, -0.15) is 0 Å². The van der Waals surface area contributed by atoms with Crippen LogP contribution in [-0.4, -0.2) is 23.1 Å². The first-order valence-electron chi connectivity index (χ1n) is 7.06. The van der Waals surface area contributed by atoms with Gasteiger partial charge in [-0.3, -0.25) is 4.90 Å². The van der Waals surface area contributed by atoms with Crippen molar-refractivity contribution in [1.29, 1.82) is 0 Å². The molecule has 0 amide bonds. The van der Waals surface area contributed by atoms with Crippen molar-refractivity contribution in [2.75, 3.05) is 13.1 Å². The number of benzene rings is 2. The number of aliphatic hydroxyl groups excluding tert-OH is 1. The average Bonchev–Trinajstić information content (AvgIpc) is 2.47. The van der Waals surface area contributed by atoms with Crippen LogP contribution in [0.4, 0.5) is 8.78 Å². The minimum Gasteiger partial charge on any atom is -0.387 e. The van der Waals surface area contributed by atoms with Crippen molar-refractivity contribution in [2.45, 2.75) is 19.1 Å². The standard InChI is InChI=1S/C17H17F2NO/c18-14-6-3-7-15(19)17(14)16(21)11-20-9-8-12-4-1-2-5-13(12)10-20/h1-7,16,21H,8-11H2/t16-/m0/s1. The summed E-state index contributed by atoms with van der Waals surface area (Å²) in [6.07, 6.45) is -0.265. The highest BCUT2D eigenvalue weighted by molar-refractivity contribution is 5.29. The van der Waals surface area contributed by atoms with Gasteiger partial charge in [0.15, 0.2) is 0 Å². The number of aliphatic hydroxyl groups is 1. The number of hydrogen-bond donors (Lipinski definition) is 1. The van der Waals surface area contributed by atoms with E-state index in [2.05, 4.69) is 12.1 Å². The third kappa shape index (κ3) is 2.96. The Morgan fingerprint density at radius 3 is 2.38 bits per heavy atom. The van der Waals surface area contributed by atoms with E-state index in [1.54, 1.807) is 0 Å². The van der Waals surface area contributed by atoms with Gasteiger partial charge in [-0.1, -0.05) is 30.3 Å². The number of rotatable bonds is 3. The molecular weight excluding hydrogens is 272 g/mol. The van der Waals surface area contributed by atoms with Gasteiger partial charge in [0.2, 0.25) is 0 Å². The average molecular weight is 289 g/mol. The van der Waals surface area contributed by atoms with Crippen molar-refractivity contribution in [2.24, 2.45) is 0 Å². The molecule has 1 N–H and O–H groups in total. The van der Waals surface area contributed by atoms with E-state index in [0.29, 0.717) is 6.54 Å². The van der Waals surface area contributed by atoms with E-state index in [9.17, 15) is 13.9 Å². The molecule has 1 atom stereocenters. The highest BCUT2D eigenvalue weighted by Crippen LogP contribution is 2.24. The van der Waals surface area contributed by atoms with E-state index in [-0.39, 0.29) is 12.1 Å². The summed E-state index contributed by atoms with van der Waals surface area (Å²) in [6, 6.07) is 11.8. The van der Waals surface area contributed by atoms with Crippen LogP contribution in [0.5, 0.6) is 0 Å². The third-order valence-corrected chi connectivity index (χ3v) is 3.97. The molecule has 0 fully saturated rings. The first kappa shape index (κ1) is 14.2. The summed E-state index contributed by atoms with van der Waals surface area (Å²) in [4.78, 5) is 2.03. The maximum absolute atomic E-state index is 13.7. The molecule has 4 heteroatoms. The number of fused-ring (bicyclic) bond motifs is 1. The molecule has 1 aliphatic rings. The molecule has 110 valence electrons. The molecule has 21 heavy (non-hydrogen) atoms. The van der Waals surface area contributed by atoms with Gasteiger partial charge in [-0.15, -0.1) is 0 Å². The fraction of sp³-hybridized carbons (Fsp3) is 0.294. The molecule has 0 bridgehead atoms.